The van der Waals surface area contributed by atoms with Gasteiger partial charge in [-0.25, -0.2) is 4.98 Å². The first-order valence-electron chi connectivity index (χ1n) is 7.54. The quantitative estimate of drug-likeness (QED) is 0.926. The normalized spacial score (nSPS) is 23.1. The van der Waals surface area contributed by atoms with Gasteiger partial charge in [0.15, 0.2) is 5.82 Å². The third kappa shape index (κ3) is 1.83. The molecule has 5 rings (SSSR count). The minimum atomic E-state index is 0.521. The highest BCUT2D eigenvalue weighted by Crippen LogP contribution is 2.40. The zero-order valence-corrected chi connectivity index (χ0v) is 12.3. The molecule has 1 saturated carbocycles. The van der Waals surface area contributed by atoms with Crippen LogP contribution in [0.3, 0.4) is 0 Å². The van der Waals surface area contributed by atoms with Crippen LogP contribution in [0.25, 0.3) is 11.3 Å². The van der Waals surface area contributed by atoms with Crippen molar-refractivity contribution < 1.29 is 0 Å². The molecule has 2 aliphatic heterocycles. The first-order chi connectivity index (χ1) is 10.3. The molecule has 2 aromatic heterocycles. The molecule has 2 fully saturated rings. The summed E-state index contributed by atoms with van der Waals surface area (Å²) in [6.07, 6.45) is 7.56. The van der Waals surface area contributed by atoms with Crippen molar-refractivity contribution >= 4 is 23.1 Å². The van der Waals surface area contributed by atoms with Crippen LogP contribution in [-0.4, -0.2) is 33.9 Å². The second-order valence-corrected chi connectivity index (χ2v) is 6.61. The van der Waals surface area contributed by atoms with Gasteiger partial charge >= 0.3 is 0 Å². The van der Waals surface area contributed by atoms with Gasteiger partial charge in [0.05, 0.1) is 28.6 Å². The predicted molar refractivity (Wildman–Crippen MR) is 83.0 cm³/mol. The number of fused-ring (bicyclic) bond motifs is 4. The van der Waals surface area contributed by atoms with E-state index in [0.29, 0.717) is 17.1 Å². The van der Waals surface area contributed by atoms with Crippen LogP contribution < -0.4 is 10.2 Å². The predicted octanol–water partition coefficient (Wildman–Crippen LogP) is 2.94. The SMILES string of the molecule is Clc1cc2c(nc1-c1cnn(C3CC3)c1)N[C@H]1CCN2C1. The van der Waals surface area contributed by atoms with Crippen molar-refractivity contribution in [1.29, 1.82) is 0 Å². The van der Waals surface area contributed by atoms with Gasteiger partial charge in [0.2, 0.25) is 0 Å². The maximum absolute atomic E-state index is 6.48. The van der Waals surface area contributed by atoms with Gasteiger partial charge in [-0.2, -0.15) is 5.10 Å². The Kier molecular flexibility index (Phi) is 2.33. The van der Waals surface area contributed by atoms with Crippen molar-refractivity contribution in [2.24, 2.45) is 0 Å². The van der Waals surface area contributed by atoms with Gasteiger partial charge in [0, 0.05) is 30.9 Å². The number of aromatic nitrogens is 3. The third-order valence-corrected chi connectivity index (χ3v) is 4.91. The summed E-state index contributed by atoms with van der Waals surface area (Å²) in [6, 6.07) is 3.14. The van der Waals surface area contributed by atoms with Crippen molar-refractivity contribution in [3.05, 3.63) is 23.5 Å². The highest BCUT2D eigenvalue weighted by molar-refractivity contribution is 6.33. The summed E-state index contributed by atoms with van der Waals surface area (Å²) < 4.78 is 2.04. The number of hydrogen-bond donors (Lipinski definition) is 1. The topological polar surface area (TPSA) is 46.0 Å². The molecule has 3 aliphatic rings. The summed E-state index contributed by atoms with van der Waals surface area (Å²) >= 11 is 6.48. The van der Waals surface area contributed by atoms with E-state index in [2.05, 4.69) is 21.5 Å². The van der Waals surface area contributed by atoms with E-state index in [-0.39, 0.29) is 0 Å². The summed E-state index contributed by atoms with van der Waals surface area (Å²) in [7, 11) is 0. The third-order valence-electron chi connectivity index (χ3n) is 4.62. The Hall–Kier alpha value is -1.75. The Morgan fingerprint density at radius 2 is 2.19 bits per heavy atom. The van der Waals surface area contributed by atoms with E-state index in [4.69, 9.17) is 16.6 Å². The van der Waals surface area contributed by atoms with Crippen LogP contribution in [0.2, 0.25) is 5.02 Å². The summed E-state index contributed by atoms with van der Waals surface area (Å²) in [6.45, 7) is 2.14. The fourth-order valence-corrected chi connectivity index (χ4v) is 3.57. The second-order valence-electron chi connectivity index (χ2n) is 6.20. The van der Waals surface area contributed by atoms with Crippen LogP contribution in [0.5, 0.6) is 0 Å². The lowest BCUT2D eigenvalue weighted by molar-refractivity contribution is 0.642. The molecule has 2 bridgehead atoms. The van der Waals surface area contributed by atoms with Crippen molar-refractivity contribution in [2.75, 3.05) is 23.3 Å². The van der Waals surface area contributed by atoms with Crippen molar-refractivity contribution in [2.45, 2.75) is 31.3 Å². The van der Waals surface area contributed by atoms with Gasteiger partial charge in [0.1, 0.15) is 0 Å². The maximum Gasteiger partial charge on any atom is 0.150 e. The lowest BCUT2D eigenvalue weighted by Gasteiger charge is -2.28. The molecule has 1 N–H and O–H groups in total. The van der Waals surface area contributed by atoms with Crippen LogP contribution in [0.1, 0.15) is 25.3 Å². The Labute approximate surface area is 127 Å². The van der Waals surface area contributed by atoms with Gasteiger partial charge in [-0.3, -0.25) is 4.68 Å². The molecule has 1 atom stereocenters. The van der Waals surface area contributed by atoms with Crippen LogP contribution in [0.4, 0.5) is 11.5 Å². The maximum atomic E-state index is 6.48. The fraction of sp³-hybridized carbons (Fsp3) is 0.467. The van der Waals surface area contributed by atoms with Crippen LogP contribution >= 0.6 is 11.6 Å². The Morgan fingerprint density at radius 3 is 3.05 bits per heavy atom. The van der Waals surface area contributed by atoms with Gasteiger partial charge in [-0.15, -0.1) is 0 Å². The summed E-state index contributed by atoms with van der Waals surface area (Å²) in [4.78, 5) is 7.15. The number of hydrogen-bond acceptors (Lipinski definition) is 4. The fourth-order valence-electron chi connectivity index (χ4n) is 3.32. The first kappa shape index (κ1) is 11.9. The molecule has 0 amide bonds. The van der Waals surface area contributed by atoms with Crippen LogP contribution in [0.15, 0.2) is 18.5 Å². The van der Waals surface area contributed by atoms with Crippen molar-refractivity contribution in [3.63, 3.8) is 0 Å². The largest absolute Gasteiger partial charge is 0.366 e. The molecule has 0 unspecified atom stereocenters. The molecular weight excluding hydrogens is 286 g/mol. The molecule has 0 radical (unpaired) electrons. The molecule has 2 aromatic rings. The van der Waals surface area contributed by atoms with E-state index in [1.165, 1.54) is 19.3 Å². The van der Waals surface area contributed by atoms with E-state index in [9.17, 15) is 0 Å². The average Bonchev–Trinajstić information content (AvgIpc) is 3.09. The molecular formula is C15H16ClN5. The van der Waals surface area contributed by atoms with Crippen molar-refractivity contribution in [1.82, 2.24) is 14.8 Å². The minimum Gasteiger partial charge on any atom is -0.366 e. The average molecular weight is 302 g/mol. The Morgan fingerprint density at radius 1 is 1.29 bits per heavy atom. The van der Waals surface area contributed by atoms with Gasteiger partial charge in [-0.1, -0.05) is 11.6 Å². The molecule has 6 heteroatoms. The highest BCUT2D eigenvalue weighted by atomic mass is 35.5. The molecule has 21 heavy (non-hydrogen) atoms. The summed E-state index contributed by atoms with van der Waals surface area (Å²) in [5, 5.41) is 8.67. The summed E-state index contributed by atoms with van der Waals surface area (Å²) in [5.41, 5.74) is 2.97. The Balaban J connectivity index is 1.58. The molecule has 4 heterocycles. The highest BCUT2D eigenvalue weighted by Gasteiger charge is 2.32. The number of anilines is 2. The van der Waals surface area contributed by atoms with Gasteiger partial charge in [-0.05, 0) is 25.3 Å². The summed E-state index contributed by atoms with van der Waals surface area (Å²) in [5.74, 6) is 0.960. The van der Waals surface area contributed by atoms with Gasteiger partial charge in [0.25, 0.3) is 0 Å². The van der Waals surface area contributed by atoms with E-state index in [1.807, 2.05) is 16.9 Å². The zero-order valence-electron chi connectivity index (χ0n) is 11.6. The molecule has 1 saturated heterocycles. The number of halogens is 1. The van der Waals surface area contributed by atoms with Crippen molar-refractivity contribution in [3.8, 4) is 11.3 Å². The van der Waals surface area contributed by atoms with Crippen LogP contribution in [0, 0.1) is 0 Å². The van der Waals surface area contributed by atoms with E-state index in [1.54, 1.807) is 0 Å². The smallest absolute Gasteiger partial charge is 0.150 e. The lowest BCUT2D eigenvalue weighted by Crippen LogP contribution is -2.32. The van der Waals surface area contributed by atoms with E-state index < -0.39 is 0 Å². The molecule has 0 spiro atoms. The standard InChI is InChI=1S/C15H16ClN5/c16-12-5-13-15(18-10-3-4-20(13)8-10)19-14(12)9-6-17-21(7-9)11-1-2-11/h5-7,10-11H,1-4,8H2,(H,18,19)/t10-/m0/s1. The number of nitrogens with one attached hydrogen (secondary N) is 1. The zero-order chi connectivity index (χ0) is 14.0. The minimum absolute atomic E-state index is 0.521. The first-order valence-corrected chi connectivity index (χ1v) is 7.92. The Bertz CT molecular complexity index is 721. The molecule has 108 valence electrons. The van der Waals surface area contributed by atoms with Gasteiger partial charge < -0.3 is 10.2 Å². The molecule has 0 aromatic carbocycles. The molecule has 5 nitrogen and oxygen atoms in total. The van der Waals surface area contributed by atoms with E-state index in [0.717, 1.165) is 35.9 Å². The number of pyridine rings is 1. The number of rotatable bonds is 2. The van der Waals surface area contributed by atoms with Crippen LogP contribution in [-0.2, 0) is 0 Å². The monoisotopic (exact) mass is 301 g/mol. The number of nitrogens with zero attached hydrogens (tertiary/aromatic N) is 4. The second kappa shape index (κ2) is 4.13. The van der Waals surface area contributed by atoms with E-state index >= 15 is 0 Å². The lowest BCUT2D eigenvalue weighted by atomic mass is 10.2. The molecule has 1 aliphatic carbocycles.